The lowest BCUT2D eigenvalue weighted by Crippen LogP contribution is -2.44. The highest BCUT2D eigenvalue weighted by Gasteiger charge is 2.17. The van der Waals surface area contributed by atoms with Crippen LogP contribution in [0.25, 0.3) is 11.0 Å². The van der Waals surface area contributed by atoms with E-state index in [4.69, 9.17) is 16.6 Å². The molecule has 4 nitrogen and oxygen atoms in total. The number of aryl methyl sites for hydroxylation is 2. The van der Waals surface area contributed by atoms with E-state index in [0.29, 0.717) is 5.15 Å². The topological polar surface area (TPSA) is 41.1 Å². The fraction of sp³-hybridized carbons (Fsp3) is 0.429. The highest BCUT2D eigenvalue weighted by molar-refractivity contribution is 6.32. The first kappa shape index (κ1) is 15.3. The number of benzene rings is 1. The quantitative estimate of drug-likeness (QED) is 0.879. The molecule has 0 bridgehead atoms. The van der Waals surface area contributed by atoms with Crippen LogP contribution in [0.4, 0.5) is 5.82 Å². The normalized spacial score (nSPS) is 15.2. The summed E-state index contributed by atoms with van der Waals surface area (Å²) >= 11 is 6.29. The van der Waals surface area contributed by atoms with Gasteiger partial charge in [-0.1, -0.05) is 11.6 Å². The summed E-state index contributed by atoms with van der Waals surface area (Å²) in [6, 6.07) is 4.13. The molecule has 1 aliphatic heterocycles. The van der Waals surface area contributed by atoms with E-state index in [-0.39, 0.29) is 12.4 Å². The number of hydrogen-bond acceptors (Lipinski definition) is 4. The highest BCUT2D eigenvalue weighted by atomic mass is 35.5. The van der Waals surface area contributed by atoms with E-state index in [1.807, 2.05) is 6.07 Å². The van der Waals surface area contributed by atoms with E-state index in [2.05, 4.69) is 35.1 Å². The summed E-state index contributed by atoms with van der Waals surface area (Å²) in [4.78, 5) is 11.4. The lowest BCUT2D eigenvalue weighted by Gasteiger charge is -2.28. The summed E-state index contributed by atoms with van der Waals surface area (Å²) in [6.45, 7) is 7.94. The van der Waals surface area contributed by atoms with Gasteiger partial charge in [0, 0.05) is 26.2 Å². The maximum atomic E-state index is 6.29. The Morgan fingerprint density at radius 3 is 2.20 bits per heavy atom. The molecule has 0 atom stereocenters. The van der Waals surface area contributed by atoms with E-state index in [1.54, 1.807) is 0 Å². The van der Waals surface area contributed by atoms with Crippen molar-refractivity contribution in [1.82, 2.24) is 15.3 Å². The molecule has 108 valence electrons. The zero-order chi connectivity index (χ0) is 13.4. The Balaban J connectivity index is 0.00000147. The number of hydrogen-bond donors (Lipinski definition) is 1. The summed E-state index contributed by atoms with van der Waals surface area (Å²) < 4.78 is 0. The molecule has 20 heavy (non-hydrogen) atoms. The smallest absolute Gasteiger partial charge is 0.172 e. The molecule has 6 heteroatoms. The largest absolute Gasteiger partial charge is 0.351 e. The van der Waals surface area contributed by atoms with Crippen molar-refractivity contribution < 1.29 is 0 Å². The van der Waals surface area contributed by atoms with Crippen LogP contribution in [0.5, 0.6) is 0 Å². The summed E-state index contributed by atoms with van der Waals surface area (Å²) in [5.74, 6) is 0.805. The first-order valence-electron chi connectivity index (χ1n) is 6.55. The zero-order valence-electron chi connectivity index (χ0n) is 11.6. The summed E-state index contributed by atoms with van der Waals surface area (Å²) in [7, 11) is 0. The Labute approximate surface area is 130 Å². The molecule has 3 rings (SSSR count). The van der Waals surface area contributed by atoms with Gasteiger partial charge in [-0.2, -0.15) is 0 Å². The minimum Gasteiger partial charge on any atom is -0.351 e. The van der Waals surface area contributed by atoms with Crippen molar-refractivity contribution in [2.45, 2.75) is 13.8 Å². The molecule has 1 fully saturated rings. The standard InChI is InChI=1S/C14H17ClN4.ClH/c1-9-7-11-12(8-10(9)2)18-14(13(15)17-11)19-5-3-16-4-6-19;/h7-8,16H,3-6H2,1-2H3;1H. The Bertz CT molecular complexity index is 624. The van der Waals surface area contributed by atoms with Crippen molar-refractivity contribution in [3.05, 3.63) is 28.4 Å². The van der Waals surface area contributed by atoms with Crippen molar-refractivity contribution in [2.75, 3.05) is 31.1 Å². The third-order valence-corrected chi connectivity index (χ3v) is 3.89. The fourth-order valence-corrected chi connectivity index (χ4v) is 2.61. The number of anilines is 1. The summed E-state index contributed by atoms with van der Waals surface area (Å²) in [5.41, 5.74) is 4.23. The predicted molar refractivity (Wildman–Crippen MR) is 86.4 cm³/mol. The van der Waals surface area contributed by atoms with Gasteiger partial charge in [0.05, 0.1) is 11.0 Å². The lowest BCUT2D eigenvalue weighted by molar-refractivity contribution is 0.585. The first-order chi connectivity index (χ1) is 9.15. The second kappa shape index (κ2) is 6.12. The average Bonchev–Trinajstić information content (AvgIpc) is 2.41. The van der Waals surface area contributed by atoms with Crippen molar-refractivity contribution in [3.63, 3.8) is 0 Å². The van der Waals surface area contributed by atoms with Crippen LogP contribution in [0.3, 0.4) is 0 Å². The second-order valence-electron chi connectivity index (χ2n) is 5.00. The number of rotatable bonds is 1. The van der Waals surface area contributed by atoms with Gasteiger partial charge in [0.15, 0.2) is 11.0 Å². The molecule has 0 radical (unpaired) electrons. The molecule has 1 aromatic carbocycles. The van der Waals surface area contributed by atoms with Crippen molar-refractivity contribution in [1.29, 1.82) is 0 Å². The van der Waals surface area contributed by atoms with Gasteiger partial charge in [0.2, 0.25) is 0 Å². The Morgan fingerprint density at radius 2 is 1.60 bits per heavy atom. The van der Waals surface area contributed by atoms with Crippen LogP contribution in [0.15, 0.2) is 12.1 Å². The maximum absolute atomic E-state index is 6.29. The SMILES string of the molecule is Cc1cc2nc(Cl)c(N3CCNCC3)nc2cc1C.Cl. The van der Waals surface area contributed by atoms with Crippen LogP contribution in [0.1, 0.15) is 11.1 Å². The number of piperazine rings is 1. The molecule has 1 saturated heterocycles. The molecule has 1 aliphatic rings. The van der Waals surface area contributed by atoms with E-state index in [1.165, 1.54) is 11.1 Å². The minimum absolute atomic E-state index is 0. The summed E-state index contributed by atoms with van der Waals surface area (Å²) in [6.07, 6.45) is 0. The van der Waals surface area contributed by atoms with Gasteiger partial charge in [-0.05, 0) is 37.1 Å². The molecule has 0 spiro atoms. The zero-order valence-corrected chi connectivity index (χ0v) is 13.2. The number of aromatic nitrogens is 2. The average molecular weight is 313 g/mol. The molecule has 2 aromatic rings. The Hall–Kier alpha value is -1.10. The van der Waals surface area contributed by atoms with E-state index < -0.39 is 0 Å². The minimum atomic E-state index is 0. The van der Waals surface area contributed by atoms with E-state index in [9.17, 15) is 0 Å². The fourth-order valence-electron chi connectivity index (χ4n) is 2.36. The van der Waals surface area contributed by atoms with Gasteiger partial charge >= 0.3 is 0 Å². The lowest BCUT2D eigenvalue weighted by atomic mass is 10.1. The van der Waals surface area contributed by atoms with Crippen LogP contribution < -0.4 is 10.2 Å². The van der Waals surface area contributed by atoms with Gasteiger partial charge in [-0.15, -0.1) is 12.4 Å². The molecule has 0 saturated carbocycles. The van der Waals surface area contributed by atoms with Crippen molar-refractivity contribution in [2.24, 2.45) is 0 Å². The molecule has 0 aliphatic carbocycles. The van der Waals surface area contributed by atoms with Crippen molar-refractivity contribution >= 4 is 40.9 Å². The van der Waals surface area contributed by atoms with Gasteiger partial charge in [-0.3, -0.25) is 0 Å². The van der Waals surface area contributed by atoms with Crippen LogP contribution in [0.2, 0.25) is 5.15 Å². The maximum Gasteiger partial charge on any atom is 0.172 e. The highest BCUT2D eigenvalue weighted by Crippen LogP contribution is 2.26. The van der Waals surface area contributed by atoms with Crippen LogP contribution in [0, 0.1) is 13.8 Å². The molecule has 0 unspecified atom stereocenters. The molecule has 0 amide bonds. The Kier molecular flexibility index (Phi) is 4.68. The number of halogens is 2. The molecular formula is C14H18Cl2N4. The molecule has 1 N–H and O–H groups in total. The second-order valence-corrected chi connectivity index (χ2v) is 5.36. The van der Waals surface area contributed by atoms with Crippen LogP contribution in [-0.2, 0) is 0 Å². The predicted octanol–water partition coefficient (Wildman–Crippen LogP) is 2.73. The molecular weight excluding hydrogens is 295 g/mol. The van der Waals surface area contributed by atoms with Gasteiger partial charge in [0.1, 0.15) is 0 Å². The van der Waals surface area contributed by atoms with Crippen LogP contribution in [-0.4, -0.2) is 36.1 Å². The number of fused-ring (bicyclic) bond motifs is 1. The van der Waals surface area contributed by atoms with E-state index >= 15 is 0 Å². The Morgan fingerprint density at radius 1 is 1.05 bits per heavy atom. The third-order valence-electron chi connectivity index (χ3n) is 3.64. The molecule has 1 aromatic heterocycles. The molecule has 2 heterocycles. The van der Waals surface area contributed by atoms with E-state index in [0.717, 1.165) is 43.0 Å². The number of nitrogens with one attached hydrogen (secondary N) is 1. The monoisotopic (exact) mass is 312 g/mol. The van der Waals surface area contributed by atoms with Crippen molar-refractivity contribution in [3.8, 4) is 0 Å². The van der Waals surface area contributed by atoms with Crippen LogP contribution >= 0.6 is 24.0 Å². The summed E-state index contributed by atoms with van der Waals surface area (Å²) in [5, 5.41) is 3.82. The number of nitrogens with zero attached hydrogens (tertiary/aromatic N) is 3. The van der Waals surface area contributed by atoms with Gasteiger partial charge in [0.25, 0.3) is 0 Å². The van der Waals surface area contributed by atoms with Gasteiger partial charge in [-0.25, -0.2) is 9.97 Å². The van der Waals surface area contributed by atoms with Gasteiger partial charge < -0.3 is 10.2 Å². The third kappa shape index (κ3) is 2.82. The first-order valence-corrected chi connectivity index (χ1v) is 6.93.